The Morgan fingerprint density at radius 3 is 2.57 bits per heavy atom. The standard InChI is InChI=1S/C10H15Cl2N5O4S2/c11-7-4-6(8(12)22-7)23(20,21)17-5(9(18)16-19)2-1-3-15-10(13)14/h4-5,17,19H,1-3H2,(H,16,18)(H4,13,14,15). The molecule has 1 aromatic heterocycles. The fourth-order valence-electron chi connectivity index (χ4n) is 1.58. The lowest BCUT2D eigenvalue weighted by Gasteiger charge is -2.16. The number of hydroxylamine groups is 1. The summed E-state index contributed by atoms with van der Waals surface area (Å²) in [4.78, 5) is 15.1. The average molecular weight is 404 g/mol. The molecule has 0 saturated carbocycles. The molecule has 0 saturated heterocycles. The normalized spacial score (nSPS) is 12.7. The van der Waals surface area contributed by atoms with Gasteiger partial charge in [-0.05, 0) is 18.9 Å². The first-order valence-electron chi connectivity index (χ1n) is 6.14. The topological polar surface area (TPSA) is 160 Å². The molecule has 1 heterocycles. The molecule has 1 unspecified atom stereocenters. The second-order valence-corrected chi connectivity index (χ2v) is 8.26. The fraction of sp³-hybridized carbons (Fsp3) is 0.400. The molecule has 0 aliphatic heterocycles. The van der Waals surface area contributed by atoms with Crippen molar-refractivity contribution in [1.29, 1.82) is 0 Å². The van der Waals surface area contributed by atoms with E-state index in [0.717, 1.165) is 11.3 Å². The number of aliphatic imine (C=N–C) groups is 1. The molecule has 0 aliphatic rings. The van der Waals surface area contributed by atoms with E-state index in [1.807, 2.05) is 0 Å². The third kappa shape index (κ3) is 6.12. The van der Waals surface area contributed by atoms with Gasteiger partial charge >= 0.3 is 0 Å². The van der Waals surface area contributed by atoms with E-state index < -0.39 is 22.0 Å². The minimum absolute atomic E-state index is 0.0360. The van der Waals surface area contributed by atoms with Crippen LogP contribution in [0.25, 0.3) is 0 Å². The molecule has 13 heteroatoms. The Balaban J connectivity index is 2.86. The van der Waals surface area contributed by atoms with E-state index >= 15 is 0 Å². The summed E-state index contributed by atoms with van der Waals surface area (Å²) >= 11 is 12.4. The predicted molar refractivity (Wildman–Crippen MR) is 88.3 cm³/mol. The van der Waals surface area contributed by atoms with Crippen LogP contribution >= 0.6 is 34.5 Å². The van der Waals surface area contributed by atoms with Crippen LogP contribution in [-0.4, -0.2) is 38.1 Å². The molecule has 1 rings (SSSR count). The number of nitrogens with zero attached hydrogens (tertiary/aromatic N) is 1. The zero-order chi connectivity index (χ0) is 17.6. The predicted octanol–water partition coefficient (Wildman–Crippen LogP) is 0.261. The molecular weight excluding hydrogens is 389 g/mol. The van der Waals surface area contributed by atoms with Gasteiger partial charge in [-0.2, -0.15) is 4.72 Å². The van der Waals surface area contributed by atoms with Crippen LogP contribution in [0.2, 0.25) is 8.67 Å². The highest BCUT2D eigenvalue weighted by molar-refractivity contribution is 7.89. The number of rotatable bonds is 8. The Labute approximate surface area is 146 Å². The van der Waals surface area contributed by atoms with E-state index in [9.17, 15) is 13.2 Å². The van der Waals surface area contributed by atoms with Crippen LogP contribution in [0.5, 0.6) is 0 Å². The number of carbonyl (C=O) groups excluding carboxylic acids is 1. The van der Waals surface area contributed by atoms with Gasteiger partial charge in [0.2, 0.25) is 10.0 Å². The first-order valence-corrected chi connectivity index (χ1v) is 9.19. The van der Waals surface area contributed by atoms with Crippen molar-refractivity contribution in [2.24, 2.45) is 16.5 Å². The minimum atomic E-state index is -4.09. The van der Waals surface area contributed by atoms with Gasteiger partial charge in [-0.1, -0.05) is 23.2 Å². The van der Waals surface area contributed by atoms with Crippen LogP contribution in [0, 0.1) is 0 Å². The van der Waals surface area contributed by atoms with E-state index in [1.165, 1.54) is 11.5 Å². The summed E-state index contributed by atoms with van der Waals surface area (Å²) in [6.45, 7) is 0.199. The summed E-state index contributed by atoms with van der Waals surface area (Å²) in [7, 11) is -4.09. The van der Waals surface area contributed by atoms with Gasteiger partial charge in [0.05, 0.1) is 4.34 Å². The third-order valence-corrected chi connectivity index (χ3v) is 5.81. The number of guanidine groups is 1. The van der Waals surface area contributed by atoms with Crippen molar-refractivity contribution in [2.75, 3.05) is 6.54 Å². The number of hydrogen-bond acceptors (Lipinski definition) is 6. The van der Waals surface area contributed by atoms with Crippen molar-refractivity contribution in [2.45, 2.75) is 23.8 Å². The lowest BCUT2D eigenvalue weighted by molar-refractivity contribution is -0.131. The highest BCUT2D eigenvalue weighted by Gasteiger charge is 2.28. The van der Waals surface area contributed by atoms with Crippen LogP contribution in [0.4, 0.5) is 0 Å². The number of nitrogens with one attached hydrogen (secondary N) is 2. The fourth-order valence-corrected chi connectivity index (χ4v) is 4.96. The highest BCUT2D eigenvalue weighted by atomic mass is 35.5. The van der Waals surface area contributed by atoms with Crippen LogP contribution in [0.1, 0.15) is 12.8 Å². The first-order chi connectivity index (χ1) is 10.7. The number of halogens is 2. The lowest BCUT2D eigenvalue weighted by Crippen LogP contribution is -2.45. The Kier molecular flexibility index (Phi) is 7.51. The largest absolute Gasteiger partial charge is 0.370 e. The number of sulfonamides is 1. The molecule has 1 aromatic rings. The zero-order valence-electron chi connectivity index (χ0n) is 11.6. The Bertz CT molecular complexity index is 687. The number of amides is 1. The van der Waals surface area contributed by atoms with Gasteiger partial charge in [0.15, 0.2) is 5.96 Å². The SMILES string of the molecule is NC(N)=NCCCC(NS(=O)(=O)c1cc(Cl)sc1Cl)C(=O)NO. The number of thiophene rings is 1. The molecular formula is C10H15Cl2N5O4S2. The molecule has 7 N–H and O–H groups in total. The highest BCUT2D eigenvalue weighted by Crippen LogP contribution is 2.34. The summed E-state index contributed by atoms with van der Waals surface area (Å²) < 4.78 is 26.8. The van der Waals surface area contributed by atoms with E-state index in [2.05, 4.69) is 9.71 Å². The molecule has 1 atom stereocenters. The smallest absolute Gasteiger partial charge is 0.261 e. The van der Waals surface area contributed by atoms with Gasteiger partial charge in [-0.25, -0.2) is 13.9 Å². The summed E-state index contributed by atoms with van der Waals surface area (Å²) in [5, 5.41) is 8.73. The third-order valence-electron chi connectivity index (χ3n) is 2.58. The first kappa shape index (κ1) is 19.9. The van der Waals surface area contributed by atoms with Gasteiger partial charge in [-0.15, -0.1) is 11.3 Å². The Morgan fingerprint density at radius 1 is 1.43 bits per heavy atom. The summed E-state index contributed by atoms with van der Waals surface area (Å²) in [5.74, 6) is -1.04. The minimum Gasteiger partial charge on any atom is -0.370 e. The Morgan fingerprint density at radius 2 is 2.09 bits per heavy atom. The quantitative estimate of drug-likeness (QED) is 0.137. The maximum atomic E-state index is 12.3. The second kappa shape index (κ2) is 8.66. The Hall–Kier alpha value is -1.11. The summed E-state index contributed by atoms with van der Waals surface area (Å²) in [6.07, 6.45) is 0.356. The molecule has 0 aliphatic carbocycles. The van der Waals surface area contributed by atoms with E-state index in [0.29, 0.717) is 6.42 Å². The van der Waals surface area contributed by atoms with Gasteiger partial charge in [0.1, 0.15) is 15.3 Å². The molecule has 0 fully saturated rings. The molecule has 0 aromatic carbocycles. The van der Waals surface area contributed by atoms with E-state index in [1.54, 1.807) is 0 Å². The van der Waals surface area contributed by atoms with Crippen molar-refractivity contribution >= 4 is 56.4 Å². The van der Waals surface area contributed by atoms with Gasteiger partial charge < -0.3 is 11.5 Å². The van der Waals surface area contributed by atoms with Crippen LogP contribution < -0.4 is 21.7 Å². The second-order valence-electron chi connectivity index (χ2n) is 4.29. The van der Waals surface area contributed by atoms with Crippen molar-refractivity contribution in [3.63, 3.8) is 0 Å². The van der Waals surface area contributed by atoms with Crippen molar-refractivity contribution in [3.05, 3.63) is 14.7 Å². The molecule has 0 bridgehead atoms. The number of hydrogen-bond donors (Lipinski definition) is 5. The maximum Gasteiger partial charge on any atom is 0.261 e. The van der Waals surface area contributed by atoms with Gasteiger partial charge in [0.25, 0.3) is 5.91 Å². The number of carbonyl (C=O) groups is 1. The average Bonchev–Trinajstić information content (AvgIpc) is 2.80. The van der Waals surface area contributed by atoms with Crippen LogP contribution in [-0.2, 0) is 14.8 Å². The number of nitrogens with two attached hydrogens (primary N) is 2. The summed E-state index contributed by atoms with van der Waals surface area (Å²) in [5.41, 5.74) is 11.7. The lowest BCUT2D eigenvalue weighted by atomic mass is 10.1. The molecule has 9 nitrogen and oxygen atoms in total. The van der Waals surface area contributed by atoms with Crippen molar-refractivity contribution < 1.29 is 18.4 Å². The summed E-state index contributed by atoms with van der Waals surface area (Å²) in [6, 6.07) is -0.0570. The zero-order valence-corrected chi connectivity index (χ0v) is 14.8. The van der Waals surface area contributed by atoms with Crippen LogP contribution in [0.3, 0.4) is 0 Å². The molecule has 0 radical (unpaired) electrons. The van der Waals surface area contributed by atoms with Crippen LogP contribution in [0.15, 0.2) is 16.0 Å². The van der Waals surface area contributed by atoms with Crippen molar-refractivity contribution in [3.8, 4) is 0 Å². The van der Waals surface area contributed by atoms with Gasteiger partial charge in [-0.3, -0.25) is 15.0 Å². The molecule has 0 spiro atoms. The molecule has 130 valence electrons. The monoisotopic (exact) mass is 403 g/mol. The molecule has 1 amide bonds. The van der Waals surface area contributed by atoms with Crippen molar-refractivity contribution in [1.82, 2.24) is 10.2 Å². The van der Waals surface area contributed by atoms with E-state index in [-0.39, 0.29) is 32.5 Å². The van der Waals surface area contributed by atoms with Gasteiger partial charge in [0, 0.05) is 6.54 Å². The van der Waals surface area contributed by atoms with E-state index in [4.69, 9.17) is 39.9 Å². The molecule has 23 heavy (non-hydrogen) atoms. The maximum absolute atomic E-state index is 12.3.